The van der Waals surface area contributed by atoms with E-state index in [2.05, 4.69) is 0 Å². The van der Waals surface area contributed by atoms with E-state index in [-0.39, 0.29) is 24.9 Å². The Kier molecular flexibility index (Phi) is 8.84. The zero-order valence-electron chi connectivity index (χ0n) is 22.6. The summed E-state index contributed by atoms with van der Waals surface area (Å²) in [5, 5.41) is 0. The largest absolute Gasteiger partial charge is 0.494 e. The lowest BCUT2D eigenvalue weighted by atomic mass is 9.66. The molecule has 0 bridgehead atoms. The molecule has 3 atom stereocenters. The van der Waals surface area contributed by atoms with Crippen molar-refractivity contribution in [3.8, 4) is 17.2 Å². The lowest BCUT2D eigenvalue weighted by Gasteiger charge is -2.38. The first kappa shape index (κ1) is 27.4. The fourth-order valence-electron chi connectivity index (χ4n) is 5.38. The molecule has 0 aromatic heterocycles. The quantitative estimate of drug-likeness (QED) is 0.325. The number of fused-ring (bicyclic) bond motifs is 1. The number of nitrogens with zero attached hydrogens (tertiary/aromatic N) is 1. The van der Waals surface area contributed by atoms with Crippen LogP contribution in [-0.2, 0) is 19.1 Å². The van der Waals surface area contributed by atoms with E-state index in [0.717, 1.165) is 22.6 Å². The van der Waals surface area contributed by atoms with Crippen molar-refractivity contribution in [3.05, 3.63) is 64.9 Å². The molecule has 0 N–H and O–H groups in total. The third-order valence-electron chi connectivity index (χ3n) is 7.12. The number of carbonyl (C=O) groups is 2. The minimum absolute atomic E-state index is 0.0448. The van der Waals surface area contributed by atoms with Crippen LogP contribution in [0.5, 0.6) is 17.2 Å². The van der Waals surface area contributed by atoms with Gasteiger partial charge < -0.3 is 23.7 Å². The van der Waals surface area contributed by atoms with Gasteiger partial charge in [0.1, 0.15) is 18.1 Å². The summed E-state index contributed by atoms with van der Waals surface area (Å²) in [6, 6.07) is 13.3. The highest BCUT2D eigenvalue weighted by molar-refractivity contribution is 6.12. The number of ketones is 1. The number of methoxy groups -OCH3 is 3. The molecule has 1 aliphatic heterocycles. The molecule has 0 spiro atoms. The number of hydrogen-bond acceptors (Lipinski definition) is 8. The summed E-state index contributed by atoms with van der Waals surface area (Å²) in [4.78, 5) is 31.9. The molecule has 2 aromatic carbocycles. The molecule has 0 amide bonds. The number of carbonyl (C=O) groups excluding carboxylic acids is 2. The molecule has 202 valence electrons. The average Bonchev–Trinajstić information content (AvgIpc) is 2.92. The van der Waals surface area contributed by atoms with Crippen LogP contribution in [0, 0.1) is 5.92 Å². The maximum atomic E-state index is 13.8. The predicted octanol–water partition coefficient (Wildman–Crippen LogP) is 4.87. The second-order valence-electron chi connectivity index (χ2n) is 9.37. The van der Waals surface area contributed by atoms with Gasteiger partial charge in [-0.1, -0.05) is 18.2 Å². The van der Waals surface area contributed by atoms with Crippen molar-refractivity contribution < 1.29 is 33.3 Å². The van der Waals surface area contributed by atoms with Gasteiger partial charge in [0, 0.05) is 30.9 Å². The van der Waals surface area contributed by atoms with Crippen LogP contribution >= 0.6 is 0 Å². The number of hydrogen-bond donors (Lipinski definition) is 0. The van der Waals surface area contributed by atoms with Gasteiger partial charge in [-0.05, 0) is 61.6 Å². The lowest BCUT2D eigenvalue weighted by molar-refractivity contribution is -0.140. The smallest absolute Gasteiger partial charge is 0.336 e. The normalized spacial score (nSPS) is 20.9. The molecular weight excluding hydrogens is 486 g/mol. The van der Waals surface area contributed by atoms with E-state index in [1.54, 1.807) is 21.3 Å². The van der Waals surface area contributed by atoms with Crippen molar-refractivity contribution >= 4 is 17.5 Å². The summed E-state index contributed by atoms with van der Waals surface area (Å²) >= 11 is 0. The van der Waals surface area contributed by atoms with Crippen molar-refractivity contribution in [2.24, 2.45) is 10.9 Å². The number of Topliss-reactive ketones (excluding diaryl/α,β-unsaturated/α-hetero) is 1. The molecule has 8 heteroatoms. The molecule has 1 saturated carbocycles. The zero-order valence-corrected chi connectivity index (χ0v) is 22.6. The van der Waals surface area contributed by atoms with Crippen molar-refractivity contribution in [1.29, 1.82) is 0 Å². The third-order valence-corrected chi connectivity index (χ3v) is 7.12. The molecule has 1 heterocycles. The van der Waals surface area contributed by atoms with Gasteiger partial charge in [-0.2, -0.15) is 0 Å². The molecule has 1 aliphatic carbocycles. The van der Waals surface area contributed by atoms with Crippen molar-refractivity contribution in [1.82, 2.24) is 0 Å². The number of ether oxygens (including phenoxy) is 5. The van der Waals surface area contributed by atoms with Gasteiger partial charge in [-0.3, -0.25) is 9.79 Å². The van der Waals surface area contributed by atoms with Crippen LogP contribution in [0.4, 0.5) is 0 Å². The van der Waals surface area contributed by atoms with Crippen LogP contribution < -0.4 is 14.2 Å². The fraction of sp³-hybridized carbons (Fsp3) is 0.433. The van der Waals surface area contributed by atoms with Gasteiger partial charge in [0.2, 0.25) is 0 Å². The lowest BCUT2D eigenvalue weighted by Crippen LogP contribution is -2.41. The Hall–Kier alpha value is -3.65. The fourth-order valence-corrected chi connectivity index (χ4v) is 5.38. The van der Waals surface area contributed by atoms with Gasteiger partial charge in [0.25, 0.3) is 0 Å². The topological polar surface area (TPSA) is 92.7 Å². The van der Waals surface area contributed by atoms with Gasteiger partial charge >= 0.3 is 5.97 Å². The van der Waals surface area contributed by atoms with E-state index in [1.165, 1.54) is 0 Å². The Bertz CT molecular complexity index is 1230. The Morgan fingerprint density at radius 1 is 0.921 bits per heavy atom. The molecule has 4 rings (SSSR count). The first-order valence-electron chi connectivity index (χ1n) is 12.8. The third kappa shape index (κ3) is 5.60. The maximum absolute atomic E-state index is 13.8. The molecular formula is C30H35NO7. The molecule has 1 unspecified atom stereocenters. The second-order valence-corrected chi connectivity index (χ2v) is 9.37. The highest BCUT2D eigenvalue weighted by Gasteiger charge is 2.46. The molecule has 0 saturated heterocycles. The molecule has 38 heavy (non-hydrogen) atoms. The first-order valence-corrected chi connectivity index (χ1v) is 12.8. The van der Waals surface area contributed by atoms with E-state index in [9.17, 15) is 9.59 Å². The summed E-state index contributed by atoms with van der Waals surface area (Å²) < 4.78 is 27.0. The Morgan fingerprint density at radius 2 is 1.63 bits per heavy atom. The van der Waals surface area contributed by atoms with Crippen LogP contribution in [0.1, 0.15) is 49.7 Å². The molecule has 2 aliphatic rings. The highest BCUT2D eigenvalue weighted by Crippen LogP contribution is 2.47. The van der Waals surface area contributed by atoms with Crippen molar-refractivity contribution in [2.75, 3.05) is 41.2 Å². The van der Waals surface area contributed by atoms with Gasteiger partial charge in [-0.15, -0.1) is 0 Å². The standard InChI is InChI=1S/C30H35NO7/c1-6-37-22-10-7-19(8-11-22)28-27(30(33)38-14-13-34-3)18(2)31-23-15-21(16-24(32)29(23)28)20-9-12-25(35-4)26(17-20)36-5/h7-12,17,21,28-29H,6,13-16H2,1-5H3/t21-,28+,29?/m0/s1. The van der Waals surface area contributed by atoms with Crippen molar-refractivity contribution in [3.63, 3.8) is 0 Å². The number of aliphatic imine (C=N–C) groups is 1. The minimum Gasteiger partial charge on any atom is -0.494 e. The second kappa shape index (κ2) is 12.3. The maximum Gasteiger partial charge on any atom is 0.336 e. The van der Waals surface area contributed by atoms with Crippen LogP contribution in [-0.4, -0.2) is 58.6 Å². The number of rotatable bonds is 10. The van der Waals surface area contributed by atoms with E-state index in [0.29, 0.717) is 42.2 Å². The summed E-state index contributed by atoms with van der Waals surface area (Å²) in [6.07, 6.45) is 0.931. The number of benzene rings is 2. The molecule has 1 fully saturated rings. The number of esters is 1. The minimum atomic E-state index is -0.544. The molecule has 8 nitrogen and oxygen atoms in total. The van der Waals surface area contributed by atoms with Crippen LogP contribution in [0.2, 0.25) is 0 Å². The monoisotopic (exact) mass is 521 g/mol. The average molecular weight is 522 g/mol. The Morgan fingerprint density at radius 3 is 2.29 bits per heavy atom. The van der Waals surface area contributed by atoms with E-state index in [4.69, 9.17) is 28.7 Å². The zero-order chi connectivity index (χ0) is 27.2. The highest BCUT2D eigenvalue weighted by atomic mass is 16.6. The molecule has 0 radical (unpaired) electrons. The SMILES string of the molecule is CCOc1ccc([C@@H]2C(C(=O)OCCOC)=C(C)N=C3C[C@H](c4ccc(OC)c(OC)c4)CC(=O)C32)cc1. The summed E-state index contributed by atoms with van der Waals surface area (Å²) in [6.45, 7) is 4.69. The number of allylic oxidation sites excluding steroid dienone is 1. The van der Waals surface area contributed by atoms with Crippen molar-refractivity contribution in [2.45, 2.75) is 38.5 Å². The van der Waals surface area contributed by atoms with Gasteiger partial charge in [0.05, 0.1) is 38.9 Å². The predicted molar refractivity (Wildman–Crippen MR) is 143 cm³/mol. The van der Waals surface area contributed by atoms with Crippen LogP contribution in [0.15, 0.2) is 58.7 Å². The van der Waals surface area contributed by atoms with Crippen LogP contribution in [0.3, 0.4) is 0 Å². The summed E-state index contributed by atoms with van der Waals surface area (Å²) in [5.41, 5.74) is 3.60. The Labute approximate surface area is 223 Å². The van der Waals surface area contributed by atoms with E-state index >= 15 is 0 Å². The van der Waals surface area contributed by atoms with E-state index < -0.39 is 17.8 Å². The molecule has 2 aromatic rings. The Balaban J connectivity index is 1.72. The first-order chi connectivity index (χ1) is 18.4. The van der Waals surface area contributed by atoms with Gasteiger partial charge in [0.15, 0.2) is 11.5 Å². The van der Waals surface area contributed by atoms with Crippen LogP contribution in [0.25, 0.3) is 0 Å². The summed E-state index contributed by atoms with van der Waals surface area (Å²) in [7, 11) is 4.74. The van der Waals surface area contributed by atoms with E-state index in [1.807, 2.05) is 56.3 Å². The summed E-state index contributed by atoms with van der Waals surface area (Å²) in [5.74, 6) is 0.465. The van der Waals surface area contributed by atoms with Gasteiger partial charge in [-0.25, -0.2) is 4.79 Å².